The molecule has 2 heterocycles. The summed E-state index contributed by atoms with van der Waals surface area (Å²) in [7, 11) is 0. The monoisotopic (exact) mass is 335 g/mol. The van der Waals surface area contributed by atoms with Crippen LogP contribution in [0.3, 0.4) is 0 Å². The average molecular weight is 336 g/mol. The fourth-order valence-corrected chi connectivity index (χ4v) is 4.27. The Bertz CT molecular complexity index is 601. The molecule has 124 valence electrons. The van der Waals surface area contributed by atoms with Gasteiger partial charge in [-0.3, -0.25) is 14.5 Å². The highest BCUT2D eigenvalue weighted by Crippen LogP contribution is 2.37. The van der Waals surface area contributed by atoms with Gasteiger partial charge in [0, 0.05) is 32.2 Å². The Kier molecular flexibility index (Phi) is 4.45. The summed E-state index contributed by atoms with van der Waals surface area (Å²) in [5.74, 6) is 0.993. The molecule has 1 saturated heterocycles. The molecular formula is C17H22ClN3O2. The van der Waals surface area contributed by atoms with Crippen LogP contribution in [0.5, 0.6) is 0 Å². The van der Waals surface area contributed by atoms with E-state index in [4.69, 9.17) is 5.73 Å². The molecule has 3 atom stereocenters. The highest BCUT2D eigenvalue weighted by molar-refractivity contribution is 6.21. The number of likely N-dealkylation sites (tertiary alicyclic amines) is 1. The van der Waals surface area contributed by atoms with Gasteiger partial charge >= 0.3 is 0 Å². The lowest BCUT2D eigenvalue weighted by molar-refractivity contribution is 0.0639. The summed E-state index contributed by atoms with van der Waals surface area (Å²) in [5, 5.41) is 0. The number of carbonyl (C=O) groups is 2. The number of fused-ring (bicyclic) bond motifs is 2. The number of imide groups is 1. The fraction of sp³-hybridized carbons (Fsp3) is 0.529. The first-order chi connectivity index (χ1) is 10.6. The third-order valence-electron chi connectivity index (χ3n) is 5.51. The number of amides is 2. The van der Waals surface area contributed by atoms with Crippen LogP contribution in [-0.2, 0) is 0 Å². The van der Waals surface area contributed by atoms with Gasteiger partial charge in [0.15, 0.2) is 0 Å². The standard InChI is InChI=1S/C17H21N3O2.ClH/c18-15-6-5-11-9-19(10-14(11)15)7-8-20-16(21)12-3-1-2-4-13(12)17(20)22;/h1-4,11,14-15H,5-10,18H2;1H. The molecule has 2 aliphatic heterocycles. The summed E-state index contributed by atoms with van der Waals surface area (Å²) in [5.41, 5.74) is 7.23. The highest BCUT2D eigenvalue weighted by atomic mass is 35.5. The minimum absolute atomic E-state index is 0. The summed E-state index contributed by atoms with van der Waals surface area (Å²) in [6, 6.07) is 7.39. The van der Waals surface area contributed by atoms with Crippen molar-refractivity contribution in [1.29, 1.82) is 0 Å². The van der Waals surface area contributed by atoms with E-state index in [1.165, 1.54) is 11.3 Å². The van der Waals surface area contributed by atoms with E-state index in [0.29, 0.717) is 35.5 Å². The van der Waals surface area contributed by atoms with Crippen molar-refractivity contribution in [3.63, 3.8) is 0 Å². The third-order valence-corrected chi connectivity index (χ3v) is 5.51. The van der Waals surface area contributed by atoms with Crippen molar-refractivity contribution < 1.29 is 9.59 Å². The van der Waals surface area contributed by atoms with E-state index >= 15 is 0 Å². The first kappa shape index (κ1) is 16.4. The Morgan fingerprint density at radius 1 is 1.00 bits per heavy atom. The molecule has 0 bridgehead atoms. The van der Waals surface area contributed by atoms with Crippen LogP contribution in [0.4, 0.5) is 0 Å². The number of benzene rings is 1. The van der Waals surface area contributed by atoms with E-state index in [1.807, 2.05) is 0 Å². The summed E-state index contributed by atoms with van der Waals surface area (Å²) in [4.78, 5) is 28.4. The van der Waals surface area contributed by atoms with Crippen molar-refractivity contribution in [3.8, 4) is 0 Å². The molecule has 1 aromatic rings. The molecule has 0 radical (unpaired) electrons. The van der Waals surface area contributed by atoms with Crippen LogP contribution in [0.25, 0.3) is 0 Å². The van der Waals surface area contributed by atoms with Crippen LogP contribution in [-0.4, -0.2) is 53.8 Å². The normalized spacial score (nSPS) is 29.6. The van der Waals surface area contributed by atoms with Crippen molar-refractivity contribution in [2.24, 2.45) is 17.6 Å². The van der Waals surface area contributed by atoms with Gasteiger partial charge in [0.2, 0.25) is 0 Å². The van der Waals surface area contributed by atoms with Gasteiger partial charge in [0.25, 0.3) is 11.8 Å². The molecular weight excluding hydrogens is 314 g/mol. The van der Waals surface area contributed by atoms with E-state index in [-0.39, 0.29) is 24.2 Å². The number of nitrogens with zero attached hydrogens (tertiary/aromatic N) is 2. The van der Waals surface area contributed by atoms with Gasteiger partial charge in [-0.1, -0.05) is 12.1 Å². The van der Waals surface area contributed by atoms with Crippen LogP contribution in [0, 0.1) is 11.8 Å². The minimum atomic E-state index is -0.156. The molecule has 0 spiro atoms. The van der Waals surface area contributed by atoms with Gasteiger partial charge in [-0.05, 0) is 36.8 Å². The second kappa shape index (κ2) is 6.23. The summed E-state index contributed by atoms with van der Waals surface area (Å²) < 4.78 is 0. The molecule has 2 amide bonds. The number of hydrogen-bond donors (Lipinski definition) is 1. The quantitative estimate of drug-likeness (QED) is 0.847. The molecule has 0 aromatic heterocycles. The summed E-state index contributed by atoms with van der Waals surface area (Å²) in [6.07, 6.45) is 2.36. The predicted octanol–water partition coefficient (Wildman–Crippen LogP) is 1.37. The van der Waals surface area contributed by atoms with Gasteiger partial charge in [0.1, 0.15) is 0 Å². The lowest BCUT2D eigenvalue weighted by atomic mass is 9.98. The molecule has 2 N–H and O–H groups in total. The Balaban J connectivity index is 0.00000156. The van der Waals surface area contributed by atoms with E-state index < -0.39 is 0 Å². The number of rotatable bonds is 3. The van der Waals surface area contributed by atoms with Crippen molar-refractivity contribution in [1.82, 2.24) is 9.80 Å². The van der Waals surface area contributed by atoms with Crippen LogP contribution >= 0.6 is 12.4 Å². The average Bonchev–Trinajstić information content (AvgIpc) is 3.15. The zero-order valence-corrected chi connectivity index (χ0v) is 13.8. The van der Waals surface area contributed by atoms with Gasteiger partial charge in [-0.15, -0.1) is 12.4 Å². The molecule has 3 aliphatic rings. The predicted molar refractivity (Wildman–Crippen MR) is 89.7 cm³/mol. The molecule has 5 nitrogen and oxygen atoms in total. The van der Waals surface area contributed by atoms with E-state index in [2.05, 4.69) is 4.90 Å². The van der Waals surface area contributed by atoms with Crippen LogP contribution in [0.15, 0.2) is 24.3 Å². The van der Waals surface area contributed by atoms with E-state index in [9.17, 15) is 9.59 Å². The van der Waals surface area contributed by atoms with Gasteiger partial charge in [0.05, 0.1) is 11.1 Å². The van der Waals surface area contributed by atoms with Crippen molar-refractivity contribution >= 4 is 24.2 Å². The Morgan fingerprint density at radius 3 is 2.26 bits per heavy atom. The maximum atomic E-state index is 12.3. The van der Waals surface area contributed by atoms with Gasteiger partial charge < -0.3 is 10.6 Å². The molecule has 6 heteroatoms. The topological polar surface area (TPSA) is 66.6 Å². The zero-order valence-electron chi connectivity index (χ0n) is 13.0. The highest BCUT2D eigenvalue weighted by Gasteiger charge is 2.41. The largest absolute Gasteiger partial charge is 0.327 e. The van der Waals surface area contributed by atoms with E-state index in [1.54, 1.807) is 24.3 Å². The maximum absolute atomic E-state index is 12.3. The van der Waals surface area contributed by atoms with Crippen molar-refractivity contribution in [2.75, 3.05) is 26.2 Å². The Morgan fingerprint density at radius 2 is 1.65 bits per heavy atom. The maximum Gasteiger partial charge on any atom is 0.261 e. The number of carbonyl (C=O) groups excluding carboxylic acids is 2. The Labute approximate surface area is 142 Å². The van der Waals surface area contributed by atoms with Crippen LogP contribution in [0.1, 0.15) is 33.6 Å². The lowest BCUT2D eigenvalue weighted by Crippen LogP contribution is -2.38. The molecule has 2 fully saturated rings. The second-order valence-corrected chi connectivity index (χ2v) is 6.73. The molecule has 4 rings (SSSR count). The van der Waals surface area contributed by atoms with Crippen molar-refractivity contribution in [2.45, 2.75) is 18.9 Å². The van der Waals surface area contributed by atoms with Gasteiger partial charge in [-0.2, -0.15) is 0 Å². The number of nitrogens with two attached hydrogens (primary N) is 1. The zero-order chi connectivity index (χ0) is 15.3. The van der Waals surface area contributed by atoms with Gasteiger partial charge in [-0.25, -0.2) is 0 Å². The molecule has 23 heavy (non-hydrogen) atoms. The molecule has 1 saturated carbocycles. The number of hydrogen-bond acceptors (Lipinski definition) is 4. The first-order valence-corrected chi connectivity index (χ1v) is 8.08. The Hall–Kier alpha value is -1.43. The lowest BCUT2D eigenvalue weighted by Gasteiger charge is -2.21. The smallest absolute Gasteiger partial charge is 0.261 e. The third kappa shape index (κ3) is 2.67. The van der Waals surface area contributed by atoms with Crippen LogP contribution < -0.4 is 5.73 Å². The number of halogens is 1. The first-order valence-electron chi connectivity index (χ1n) is 8.08. The molecule has 1 aromatic carbocycles. The minimum Gasteiger partial charge on any atom is -0.327 e. The molecule has 1 aliphatic carbocycles. The van der Waals surface area contributed by atoms with Crippen molar-refractivity contribution in [3.05, 3.63) is 35.4 Å². The SMILES string of the molecule is Cl.NC1CCC2CN(CCN3C(=O)c4ccccc4C3=O)CC12. The molecule has 3 unspecified atom stereocenters. The second-order valence-electron chi connectivity index (χ2n) is 6.73. The summed E-state index contributed by atoms with van der Waals surface area (Å²) >= 11 is 0. The summed E-state index contributed by atoms with van der Waals surface area (Å²) in [6.45, 7) is 3.29. The van der Waals surface area contributed by atoms with Crippen LogP contribution in [0.2, 0.25) is 0 Å². The fourth-order valence-electron chi connectivity index (χ4n) is 4.27. The van der Waals surface area contributed by atoms with E-state index in [0.717, 1.165) is 26.1 Å².